The molecule has 0 fully saturated rings. The van der Waals surface area contributed by atoms with Crippen LogP contribution in [-0.4, -0.2) is 24.8 Å². The summed E-state index contributed by atoms with van der Waals surface area (Å²) in [6.45, 7) is 4.34. The van der Waals surface area contributed by atoms with Crippen molar-refractivity contribution in [3.8, 4) is 11.5 Å². The first-order valence-corrected chi connectivity index (χ1v) is 5.74. The SMILES string of the molecule is COc1ccc(/C=C/C(=O)OCC(C)C)cc1O. The minimum atomic E-state index is -0.390. The van der Waals surface area contributed by atoms with Crippen LogP contribution in [0.2, 0.25) is 0 Å². The van der Waals surface area contributed by atoms with Gasteiger partial charge in [-0.3, -0.25) is 0 Å². The average Bonchev–Trinajstić information content (AvgIpc) is 2.34. The Kier molecular flexibility index (Phi) is 5.24. The number of aromatic hydroxyl groups is 1. The Hall–Kier alpha value is -1.97. The van der Waals surface area contributed by atoms with Crippen molar-refractivity contribution in [1.82, 2.24) is 0 Å². The lowest BCUT2D eigenvalue weighted by Crippen LogP contribution is -2.06. The van der Waals surface area contributed by atoms with Crippen LogP contribution in [0.25, 0.3) is 6.08 Å². The molecular formula is C14H18O4. The molecule has 0 aliphatic heterocycles. The Morgan fingerprint density at radius 1 is 1.44 bits per heavy atom. The molecule has 0 saturated carbocycles. The van der Waals surface area contributed by atoms with Crippen molar-refractivity contribution in [2.75, 3.05) is 13.7 Å². The molecule has 1 rings (SSSR count). The smallest absolute Gasteiger partial charge is 0.330 e. The first-order chi connectivity index (χ1) is 8.52. The number of hydrogen-bond acceptors (Lipinski definition) is 4. The van der Waals surface area contributed by atoms with Gasteiger partial charge in [0.1, 0.15) is 0 Å². The maximum absolute atomic E-state index is 11.3. The third kappa shape index (κ3) is 4.49. The zero-order valence-corrected chi connectivity index (χ0v) is 10.8. The lowest BCUT2D eigenvalue weighted by Gasteiger charge is -2.04. The van der Waals surface area contributed by atoms with E-state index in [0.29, 0.717) is 23.8 Å². The molecule has 0 spiro atoms. The molecule has 0 aliphatic carbocycles. The van der Waals surface area contributed by atoms with Crippen molar-refractivity contribution in [3.05, 3.63) is 29.8 Å². The number of phenolic OH excluding ortho intramolecular Hbond substituents is 1. The molecule has 0 aromatic heterocycles. The molecule has 1 aromatic rings. The van der Waals surface area contributed by atoms with Crippen LogP contribution in [0.5, 0.6) is 11.5 Å². The fourth-order valence-corrected chi connectivity index (χ4v) is 1.27. The molecule has 0 amide bonds. The second kappa shape index (κ2) is 6.69. The molecule has 0 radical (unpaired) electrons. The molecule has 0 unspecified atom stereocenters. The lowest BCUT2D eigenvalue weighted by molar-refractivity contribution is -0.138. The van der Waals surface area contributed by atoms with Crippen LogP contribution in [0.4, 0.5) is 0 Å². The average molecular weight is 250 g/mol. The first kappa shape index (κ1) is 14.1. The summed E-state index contributed by atoms with van der Waals surface area (Å²) in [7, 11) is 1.48. The van der Waals surface area contributed by atoms with Gasteiger partial charge in [-0.15, -0.1) is 0 Å². The monoisotopic (exact) mass is 250 g/mol. The van der Waals surface area contributed by atoms with Gasteiger partial charge in [-0.05, 0) is 29.7 Å². The Morgan fingerprint density at radius 3 is 2.72 bits per heavy atom. The number of rotatable bonds is 5. The molecule has 18 heavy (non-hydrogen) atoms. The molecule has 0 saturated heterocycles. The van der Waals surface area contributed by atoms with Gasteiger partial charge in [0.05, 0.1) is 13.7 Å². The van der Waals surface area contributed by atoms with Gasteiger partial charge in [0.25, 0.3) is 0 Å². The largest absolute Gasteiger partial charge is 0.504 e. The van der Waals surface area contributed by atoms with E-state index in [0.717, 1.165) is 0 Å². The number of carbonyl (C=O) groups is 1. The maximum Gasteiger partial charge on any atom is 0.330 e. The van der Waals surface area contributed by atoms with Crippen LogP contribution in [0, 0.1) is 5.92 Å². The molecular weight excluding hydrogens is 232 g/mol. The second-order valence-electron chi connectivity index (χ2n) is 4.29. The molecule has 0 bridgehead atoms. The van der Waals surface area contributed by atoms with E-state index in [9.17, 15) is 9.90 Å². The number of benzene rings is 1. The zero-order valence-electron chi connectivity index (χ0n) is 10.8. The van der Waals surface area contributed by atoms with Crippen LogP contribution in [0.3, 0.4) is 0 Å². The van der Waals surface area contributed by atoms with Crippen LogP contribution >= 0.6 is 0 Å². The lowest BCUT2D eigenvalue weighted by atomic mass is 10.2. The van der Waals surface area contributed by atoms with E-state index in [4.69, 9.17) is 9.47 Å². The minimum absolute atomic E-state index is 0.0372. The molecule has 1 aromatic carbocycles. The van der Waals surface area contributed by atoms with Crippen molar-refractivity contribution in [1.29, 1.82) is 0 Å². The standard InChI is InChI=1S/C14H18O4/c1-10(2)9-18-14(16)7-5-11-4-6-13(17-3)12(15)8-11/h4-8,10,15H,9H2,1-3H3/b7-5+. The van der Waals surface area contributed by atoms with Crippen LogP contribution in [0.1, 0.15) is 19.4 Å². The van der Waals surface area contributed by atoms with Gasteiger partial charge in [0, 0.05) is 6.08 Å². The van der Waals surface area contributed by atoms with Gasteiger partial charge in [-0.25, -0.2) is 4.79 Å². The van der Waals surface area contributed by atoms with E-state index in [-0.39, 0.29) is 11.7 Å². The molecule has 4 heteroatoms. The highest BCUT2D eigenvalue weighted by molar-refractivity contribution is 5.87. The quantitative estimate of drug-likeness (QED) is 0.644. The maximum atomic E-state index is 11.3. The third-order valence-corrected chi connectivity index (χ3v) is 2.17. The summed E-state index contributed by atoms with van der Waals surface area (Å²) in [6.07, 6.45) is 2.92. The van der Waals surface area contributed by atoms with Crippen molar-refractivity contribution in [2.24, 2.45) is 5.92 Å². The van der Waals surface area contributed by atoms with Gasteiger partial charge in [0.15, 0.2) is 11.5 Å². The van der Waals surface area contributed by atoms with Gasteiger partial charge in [0.2, 0.25) is 0 Å². The number of hydrogen-bond donors (Lipinski definition) is 1. The molecule has 0 atom stereocenters. The minimum Gasteiger partial charge on any atom is -0.504 e. The van der Waals surface area contributed by atoms with E-state index in [2.05, 4.69) is 0 Å². The van der Waals surface area contributed by atoms with Gasteiger partial charge in [-0.2, -0.15) is 0 Å². The molecule has 98 valence electrons. The third-order valence-electron chi connectivity index (χ3n) is 2.17. The fraction of sp³-hybridized carbons (Fsp3) is 0.357. The molecule has 0 aliphatic rings. The number of phenols is 1. The van der Waals surface area contributed by atoms with E-state index in [1.807, 2.05) is 13.8 Å². The Labute approximate surface area is 107 Å². The van der Waals surface area contributed by atoms with Crippen molar-refractivity contribution < 1.29 is 19.4 Å². The highest BCUT2D eigenvalue weighted by atomic mass is 16.5. The Bertz CT molecular complexity index is 435. The molecule has 4 nitrogen and oxygen atoms in total. The molecule has 0 heterocycles. The zero-order chi connectivity index (χ0) is 13.5. The summed E-state index contributed by atoms with van der Waals surface area (Å²) in [6, 6.07) is 4.89. The van der Waals surface area contributed by atoms with Gasteiger partial charge in [-0.1, -0.05) is 19.9 Å². The number of methoxy groups -OCH3 is 1. The van der Waals surface area contributed by atoms with E-state index in [1.54, 1.807) is 18.2 Å². The summed E-state index contributed by atoms with van der Waals surface area (Å²) < 4.78 is 9.91. The first-order valence-electron chi connectivity index (χ1n) is 5.74. The van der Waals surface area contributed by atoms with Crippen LogP contribution in [0.15, 0.2) is 24.3 Å². The normalized spacial score (nSPS) is 10.9. The van der Waals surface area contributed by atoms with Crippen molar-refractivity contribution >= 4 is 12.0 Å². The number of ether oxygens (including phenoxy) is 2. The van der Waals surface area contributed by atoms with Crippen LogP contribution in [-0.2, 0) is 9.53 Å². The summed E-state index contributed by atoms with van der Waals surface area (Å²) in [5, 5.41) is 9.56. The Balaban J connectivity index is 2.61. The predicted octanol–water partition coefficient (Wildman–Crippen LogP) is 2.61. The fourth-order valence-electron chi connectivity index (χ4n) is 1.27. The highest BCUT2D eigenvalue weighted by Crippen LogP contribution is 2.26. The summed E-state index contributed by atoms with van der Waals surface area (Å²) in [5.41, 5.74) is 0.704. The van der Waals surface area contributed by atoms with Crippen molar-refractivity contribution in [3.63, 3.8) is 0 Å². The van der Waals surface area contributed by atoms with E-state index < -0.39 is 0 Å². The van der Waals surface area contributed by atoms with Crippen LogP contribution < -0.4 is 4.74 Å². The van der Waals surface area contributed by atoms with Crippen molar-refractivity contribution in [2.45, 2.75) is 13.8 Å². The summed E-state index contributed by atoms with van der Waals surface area (Å²) >= 11 is 0. The predicted molar refractivity (Wildman–Crippen MR) is 69.5 cm³/mol. The topological polar surface area (TPSA) is 55.8 Å². The van der Waals surface area contributed by atoms with E-state index >= 15 is 0 Å². The number of esters is 1. The second-order valence-corrected chi connectivity index (χ2v) is 4.29. The van der Waals surface area contributed by atoms with E-state index in [1.165, 1.54) is 19.3 Å². The van der Waals surface area contributed by atoms with Gasteiger partial charge >= 0.3 is 5.97 Å². The van der Waals surface area contributed by atoms with Gasteiger partial charge < -0.3 is 14.6 Å². The Morgan fingerprint density at radius 2 is 2.17 bits per heavy atom. The summed E-state index contributed by atoms with van der Waals surface area (Å²) in [4.78, 5) is 11.3. The number of carbonyl (C=O) groups excluding carboxylic acids is 1. The highest BCUT2D eigenvalue weighted by Gasteiger charge is 2.02. The molecule has 1 N–H and O–H groups in total. The summed E-state index contributed by atoms with van der Waals surface area (Å²) in [5.74, 6) is 0.358.